The molecule has 1 unspecified atom stereocenters. The van der Waals surface area contributed by atoms with Gasteiger partial charge in [0.15, 0.2) is 0 Å². The molecule has 4 nitrogen and oxygen atoms in total. The molecule has 1 fully saturated rings. The first-order valence-corrected chi connectivity index (χ1v) is 7.65. The Morgan fingerprint density at radius 1 is 1.26 bits per heavy atom. The molecule has 2 rings (SSSR count). The Bertz CT molecular complexity index is 497. The summed E-state index contributed by atoms with van der Waals surface area (Å²) in [7, 11) is 0. The Morgan fingerprint density at radius 2 is 1.96 bits per heavy atom. The minimum Gasteiger partial charge on any atom is -0.367 e. The van der Waals surface area contributed by atoms with Gasteiger partial charge >= 0.3 is 6.18 Å². The molecule has 1 aromatic rings. The summed E-state index contributed by atoms with van der Waals surface area (Å²) in [4.78, 5) is 11.8. The first-order valence-electron chi connectivity index (χ1n) is 7.65. The van der Waals surface area contributed by atoms with Crippen LogP contribution in [0.1, 0.15) is 30.4 Å². The molecule has 1 heterocycles. The number of halogens is 3. The van der Waals surface area contributed by atoms with E-state index in [1.807, 2.05) is 0 Å². The van der Waals surface area contributed by atoms with E-state index in [0.717, 1.165) is 24.9 Å². The maximum atomic E-state index is 12.0. The molecule has 23 heavy (non-hydrogen) atoms. The number of nitrogens with one attached hydrogen (secondary N) is 2. The first kappa shape index (κ1) is 17.7. The highest BCUT2D eigenvalue weighted by Crippen LogP contribution is 2.16. The fraction of sp³-hybridized carbons (Fsp3) is 0.562. The Hall–Kier alpha value is -1.60. The van der Waals surface area contributed by atoms with Crippen molar-refractivity contribution >= 4 is 5.91 Å². The smallest absolute Gasteiger partial charge is 0.367 e. The van der Waals surface area contributed by atoms with Gasteiger partial charge in [-0.05, 0) is 30.5 Å². The largest absolute Gasteiger partial charge is 0.411 e. The Labute approximate surface area is 133 Å². The highest BCUT2D eigenvalue weighted by atomic mass is 19.4. The lowest BCUT2D eigenvalue weighted by atomic mass is 10.1. The van der Waals surface area contributed by atoms with Crippen LogP contribution < -0.4 is 10.6 Å². The van der Waals surface area contributed by atoms with Crippen LogP contribution >= 0.6 is 0 Å². The summed E-state index contributed by atoms with van der Waals surface area (Å²) >= 11 is 0. The van der Waals surface area contributed by atoms with Crippen LogP contribution in [0, 0.1) is 0 Å². The van der Waals surface area contributed by atoms with Crippen molar-refractivity contribution in [2.75, 3.05) is 13.2 Å². The van der Waals surface area contributed by atoms with Gasteiger partial charge in [-0.1, -0.05) is 24.3 Å². The van der Waals surface area contributed by atoms with E-state index in [9.17, 15) is 18.0 Å². The van der Waals surface area contributed by atoms with Crippen molar-refractivity contribution in [1.82, 2.24) is 10.6 Å². The van der Waals surface area contributed by atoms with E-state index in [0.29, 0.717) is 18.5 Å². The number of carbonyl (C=O) groups excluding carboxylic acids is 1. The second kappa shape index (κ2) is 8.31. The monoisotopic (exact) mass is 330 g/mol. The normalized spacial score (nSPS) is 18.1. The molecule has 1 atom stereocenters. The maximum Gasteiger partial charge on any atom is 0.411 e. The van der Waals surface area contributed by atoms with Crippen LogP contribution in [0.25, 0.3) is 0 Å². The molecule has 1 amide bonds. The quantitative estimate of drug-likeness (QED) is 0.808. The SMILES string of the molecule is O=C(CC1CCCN1)NCc1ccc(COCC(F)(F)F)cc1. The molecule has 0 aromatic heterocycles. The minimum atomic E-state index is -4.31. The molecular formula is C16H21F3N2O2. The molecule has 1 aromatic carbocycles. The van der Waals surface area contributed by atoms with E-state index >= 15 is 0 Å². The molecule has 1 aliphatic rings. The van der Waals surface area contributed by atoms with Gasteiger partial charge in [0.25, 0.3) is 0 Å². The number of carbonyl (C=O) groups is 1. The first-order chi connectivity index (χ1) is 10.9. The van der Waals surface area contributed by atoms with Crippen molar-refractivity contribution in [3.8, 4) is 0 Å². The van der Waals surface area contributed by atoms with Crippen molar-refractivity contribution in [2.24, 2.45) is 0 Å². The van der Waals surface area contributed by atoms with Crippen LogP contribution in [0.5, 0.6) is 0 Å². The van der Waals surface area contributed by atoms with Gasteiger partial charge < -0.3 is 15.4 Å². The maximum absolute atomic E-state index is 12.0. The van der Waals surface area contributed by atoms with E-state index in [4.69, 9.17) is 0 Å². The average molecular weight is 330 g/mol. The number of rotatable bonds is 7. The van der Waals surface area contributed by atoms with Crippen LogP contribution in [0.2, 0.25) is 0 Å². The molecule has 1 aliphatic heterocycles. The number of amides is 1. The van der Waals surface area contributed by atoms with Crippen molar-refractivity contribution in [1.29, 1.82) is 0 Å². The highest BCUT2D eigenvalue weighted by molar-refractivity contribution is 5.76. The molecule has 128 valence electrons. The lowest BCUT2D eigenvalue weighted by Gasteiger charge is -2.11. The molecule has 2 N–H and O–H groups in total. The minimum absolute atomic E-state index is 0.00184. The van der Waals surface area contributed by atoms with Crippen molar-refractivity contribution in [3.63, 3.8) is 0 Å². The van der Waals surface area contributed by atoms with E-state index in [2.05, 4.69) is 15.4 Å². The number of ether oxygens (including phenoxy) is 1. The zero-order valence-corrected chi connectivity index (χ0v) is 12.8. The second-order valence-electron chi connectivity index (χ2n) is 5.70. The van der Waals surface area contributed by atoms with Gasteiger partial charge in [0.05, 0.1) is 6.61 Å². The van der Waals surface area contributed by atoms with Gasteiger partial charge in [0, 0.05) is 19.0 Å². The number of benzene rings is 1. The molecule has 0 aliphatic carbocycles. The highest BCUT2D eigenvalue weighted by Gasteiger charge is 2.27. The summed E-state index contributed by atoms with van der Waals surface area (Å²) in [6.45, 7) is 0.0462. The predicted molar refractivity (Wildman–Crippen MR) is 79.6 cm³/mol. The van der Waals surface area contributed by atoms with Gasteiger partial charge in [-0.2, -0.15) is 13.2 Å². The van der Waals surface area contributed by atoms with Gasteiger partial charge in [-0.25, -0.2) is 0 Å². The summed E-state index contributed by atoms with van der Waals surface area (Å²) < 4.78 is 40.5. The number of hydrogen-bond donors (Lipinski definition) is 2. The predicted octanol–water partition coefficient (Wildman–Crippen LogP) is 2.52. The summed E-state index contributed by atoms with van der Waals surface area (Å²) in [5.41, 5.74) is 1.57. The molecule has 7 heteroatoms. The fourth-order valence-electron chi connectivity index (χ4n) is 2.47. The second-order valence-corrected chi connectivity index (χ2v) is 5.70. The lowest BCUT2D eigenvalue weighted by Crippen LogP contribution is -2.31. The van der Waals surface area contributed by atoms with Crippen molar-refractivity contribution in [3.05, 3.63) is 35.4 Å². The van der Waals surface area contributed by atoms with Crippen LogP contribution in [-0.2, 0) is 22.7 Å². The Morgan fingerprint density at radius 3 is 2.57 bits per heavy atom. The molecule has 0 radical (unpaired) electrons. The van der Waals surface area contributed by atoms with Crippen LogP contribution in [0.15, 0.2) is 24.3 Å². The third kappa shape index (κ3) is 7.00. The lowest BCUT2D eigenvalue weighted by molar-refractivity contribution is -0.176. The topological polar surface area (TPSA) is 50.4 Å². The van der Waals surface area contributed by atoms with Gasteiger partial charge in [0.2, 0.25) is 5.91 Å². The third-order valence-electron chi connectivity index (χ3n) is 3.64. The van der Waals surface area contributed by atoms with Gasteiger partial charge in [-0.3, -0.25) is 4.79 Å². The standard InChI is InChI=1S/C16H21F3N2O2/c17-16(18,19)11-23-10-13-5-3-12(4-6-13)9-21-15(22)8-14-2-1-7-20-14/h3-6,14,20H,1-2,7-11H2,(H,21,22). The summed E-state index contributed by atoms with van der Waals surface area (Å²) in [5.74, 6) is 0.00184. The van der Waals surface area contributed by atoms with Crippen LogP contribution in [0.4, 0.5) is 13.2 Å². The molecular weight excluding hydrogens is 309 g/mol. The number of alkyl halides is 3. The summed E-state index contributed by atoms with van der Waals surface area (Å²) in [5, 5.41) is 6.12. The zero-order chi connectivity index (χ0) is 16.7. The summed E-state index contributed by atoms with van der Waals surface area (Å²) in [6, 6.07) is 7.23. The van der Waals surface area contributed by atoms with E-state index in [1.54, 1.807) is 24.3 Å². The molecule has 1 saturated heterocycles. The molecule has 0 spiro atoms. The Balaban J connectivity index is 1.68. The van der Waals surface area contributed by atoms with Crippen molar-refractivity contribution in [2.45, 2.75) is 44.6 Å². The van der Waals surface area contributed by atoms with Gasteiger partial charge in [-0.15, -0.1) is 0 Å². The van der Waals surface area contributed by atoms with Crippen molar-refractivity contribution < 1.29 is 22.7 Å². The Kier molecular flexibility index (Phi) is 6.41. The van der Waals surface area contributed by atoms with E-state index < -0.39 is 12.8 Å². The van der Waals surface area contributed by atoms with Crippen LogP contribution in [-0.4, -0.2) is 31.3 Å². The third-order valence-corrected chi connectivity index (χ3v) is 3.64. The molecule has 0 bridgehead atoms. The van der Waals surface area contributed by atoms with E-state index in [1.165, 1.54) is 0 Å². The number of hydrogen-bond acceptors (Lipinski definition) is 3. The van der Waals surface area contributed by atoms with Crippen LogP contribution in [0.3, 0.4) is 0 Å². The average Bonchev–Trinajstić information content (AvgIpc) is 2.98. The molecule has 0 saturated carbocycles. The summed E-state index contributed by atoms with van der Waals surface area (Å²) in [6.07, 6.45) is -1.70. The van der Waals surface area contributed by atoms with E-state index in [-0.39, 0.29) is 18.6 Å². The van der Waals surface area contributed by atoms with Gasteiger partial charge in [0.1, 0.15) is 6.61 Å². The fourth-order valence-corrected chi connectivity index (χ4v) is 2.47. The zero-order valence-electron chi connectivity index (χ0n) is 12.8.